The van der Waals surface area contributed by atoms with Gasteiger partial charge >= 0.3 is 5.97 Å². The van der Waals surface area contributed by atoms with E-state index in [1.54, 1.807) is 6.07 Å². The van der Waals surface area contributed by atoms with Gasteiger partial charge in [-0.3, -0.25) is 4.79 Å². The lowest BCUT2D eigenvalue weighted by molar-refractivity contribution is -0.135. The van der Waals surface area contributed by atoms with Gasteiger partial charge in [-0.2, -0.15) is 0 Å². The number of nitrogens with zero attached hydrogens (tertiary/aromatic N) is 2. The molecule has 3 heterocycles. The number of piperidine rings is 1. The highest BCUT2D eigenvalue weighted by molar-refractivity contribution is 5.87. The van der Waals surface area contributed by atoms with Gasteiger partial charge in [-0.15, -0.1) is 12.4 Å². The molecule has 1 aromatic rings. The van der Waals surface area contributed by atoms with Crippen molar-refractivity contribution >= 4 is 24.3 Å². The first-order valence-electron chi connectivity index (χ1n) is 7.91. The number of halogens is 1. The second-order valence-electron chi connectivity index (χ2n) is 5.78. The Morgan fingerprint density at radius 1 is 1.29 bits per heavy atom. The maximum Gasteiger partial charge on any atom is 0.356 e. The molecule has 1 unspecified atom stereocenters. The lowest BCUT2D eigenvalue weighted by atomic mass is 10.1. The van der Waals surface area contributed by atoms with Crippen LogP contribution in [0.15, 0.2) is 18.3 Å². The van der Waals surface area contributed by atoms with E-state index in [1.807, 2.05) is 4.90 Å². The van der Waals surface area contributed by atoms with Gasteiger partial charge in [0.25, 0.3) is 5.91 Å². The van der Waals surface area contributed by atoms with Crippen molar-refractivity contribution in [1.82, 2.24) is 15.2 Å². The lowest BCUT2D eigenvalue weighted by Gasteiger charge is -2.31. The number of carbonyl (C=O) groups excluding carboxylic acids is 2. The van der Waals surface area contributed by atoms with Gasteiger partial charge in [0.05, 0.1) is 13.3 Å². The van der Waals surface area contributed by atoms with E-state index >= 15 is 0 Å². The average molecular weight is 356 g/mol. The van der Waals surface area contributed by atoms with Crippen molar-refractivity contribution in [2.75, 3.05) is 26.7 Å². The number of hydrogen-bond donors (Lipinski definition) is 1. The van der Waals surface area contributed by atoms with Gasteiger partial charge in [0, 0.05) is 19.0 Å². The number of esters is 1. The average Bonchev–Trinajstić information content (AvgIpc) is 2.96. The highest BCUT2D eigenvalue weighted by Gasteiger charge is 2.37. The Hall–Kier alpha value is -1.86. The van der Waals surface area contributed by atoms with Crippen molar-refractivity contribution in [3.05, 3.63) is 24.0 Å². The second-order valence-corrected chi connectivity index (χ2v) is 5.78. The SMILES string of the molecule is COC(=O)c1ccc(OC2CCN(C3CCNCC3)C2=O)cn1.Cl. The smallest absolute Gasteiger partial charge is 0.356 e. The van der Waals surface area contributed by atoms with Crippen LogP contribution in [0.3, 0.4) is 0 Å². The summed E-state index contributed by atoms with van der Waals surface area (Å²) >= 11 is 0. The third kappa shape index (κ3) is 3.96. The molecular weight excluding hydrogens is 334 g/mol. The summed E-state index contributed by atoms with van der Waals surface area (Å²) in [6.45, 7) is 2.65. The van der Waals surface area contributed by atoms with Crippen molar-refractivity contribution in [2.45, 2.75) is 31.4 Å². The Balaban J connectivity index is 0.00000208. The third-order valence-corrected chi connectivity index (χ3v) is 4.35. The van der Waals surface area contributed by atoms with E-state index in [1.165, 1.54) is 19.4 Å². The Bertz CT molecular complexity index is 575. The van der Waals surface area contributed by atoms with Crippen LogP contribution >= 0.6 is 12.4 Å². The van der Waals surface area contributed by atoms with E-state index in [-0.39, 0.29) is 24.0 Å². The molecule has 0 aromatic carbocycles. The molecule has 132 valence electrons. The fourth-order valence-electron chi connectivity index (χ4n) is 3.10. The summed E-state index contributed by atoms with van der Waals surface area (Å²) in [4.78, 5) is 29.8. The van der Waals surface area contributed by atoms with E-state index in [0.717, 1.165) is 32.5 Å². The number of ether oxygens (including phenoxy) is 2. The molecule has 1 atom stereocenters. The first-order valence-corrected chi connectivity index (χ1v) is 7.91. The van der Waals surface area contributed by atoms with Gasteiger partial charge in [-0.1, -0.05) is 0 Å². The summed E-state index contributed by atoms with van der Waals surface area (Å²) in [6.07, 6.45) is 3.66. The van der Waals surface area contributed by atoms with Gasteiger partial charge in [-0.25, -0.2) is 9.78 Å². The lowest BCUT2D eigenvalue weighted by Crippen LogP contribution is -2.45. The molecule has 7 nitrogen and oxygen atoms in total. The summed E-state index contributed by atoms with van der Waals surface area (Å²) in [7, 11) is 1.31. The molecule has 0 aliphatic carbocycles. The summed E-state index contributed by atoms with van der Waals surface area (Å²) in [5.74, 6) is 0.0442. The van der Waals surface area contributed by atoms with E-state index in [9.17, 15) is 9.59 Å². The Labute approximate surface area is 147 Å². The Morgan fingerprint density at radius 3 is 2.67 bits per heavy atom. The van der Waals surface area contributed by atoms with Gasteiger partial charge in [0.2, 0.25) is 0 Å². The first-order chi connectivity index (χ1) is 11.2. The first kappa shape index (κ1) is 18.5. The molecule has 0 bridgehead atoms. The zero-order chi connectivity index (χ0) is 16.2. The quantitative estimate of drug-likeness (QED) is 0.812. The molecule has 2 fully saturated rings. The molecule has 2 aliphatic rings. The fourth-order valence-corrected chi connectivity index (χ4v) is 3.10. The number of carbonyl (C=O) groups is 2. The minimum atomic E-state index is -0.495. The molecule has 8 heteroatoms. The summed E-state index contributed by atoms with van der Waals surface area (Å²) < 4.78 is 10.4. The molecule has 1 N–H and O–H groups in total. The molecule has 1 aromatic heterocycles. The predicted molar refractivity (Wildman–Crippen MR) is 89.5 cm³/mol. The van der Waals surface area contributed by atoms with Crippen LogP contribution in [0.4, 0.5) is 0 Å². The van der Waals surface area contributed by atoms with Crippen LogP contribution < -0.4 is 10.1 Å². The van der Waals surface area contributed by atoms with Crippen LogP contribution in [0, 0.1) is 0 Å². The fraction of sp³-hybridized carbons (Fsp3) is 0.562. The zero-order valence-corrected chi connectivity index (χ0v) is 14.4. The molecule has 1 amide bonds. The van der Waals surface area contributed by atoms with Crippen molar-refractivity contribution in [2.24, 2.45) is 0 Å². The summed E-state index contributed by atoms with van der Waals surface area (Å²) in [5, 5.41) is 3.31. The minimum absolute atomic E-state index is 0. The highest BCUT2D eigenvalue weighted by Crippen LogP contribution is 2.23. The van der Waals surface area contributed by atoms with Crippen LogP contribution in [-0.2, 0) is 9.53 Å². The van der Waals surface area contributed by atoms with Crippen LogP contribution in [0.25, 0.3) is 0 Å². The van der Waals surface area contributed by atoms with E-state index in [4.69, 9.17) is 4.74 Å². The van der Waals surface area contributed by atoms with Gasteiger partial charge in [0.1, 0.15) is 11.4 Å². The summed E-state index contributed by atoms with van der Waals surface area (Å²) in [5.41, 5.74) is 0.217. The number of likely N-dealkylation sites (tertiary alicyclic amines) is 1. The van der Waals surface area contributed by atoms with Crippen molar-refractivity contribution in [3.63, 3.8) is 0 Å². The maximum atomic E-state index is 12.5. The van der Waals surface area contributed by atoms with Gasteiger partial charge < -0.3 is 19.7 Å². The number of methoxy groups -OCH3 is 1. The monoisotopic (exact) mass is 355 g/mol. The number of hydrogen-bond acceptors (Lipinski definition) is 6. The largest absolute Gasteiger partial charge is 0.479 e. The molecular formula is C16H22ClN3O4. The predicted octanol–water partition coefficient (Wildman–Crippen LogP) is 1.02. The number of aromatic nitrogens is 1. The Morgan fingerprint density at radius 2 is 2.04 bits per heavy atom. The van der Waals surface area contributed by atoms with Crippen molar-refractivity contribution in [1.29, 1.82) is 0 Å². The second kappa shape index (κ2) is 8.30. The number of nitrogens with one attached hydrogen (secondary N) is 1. The van der Waals surface area contributed by atoms with Gasteiger partial charge in [-0.05, 0) is 38.1 Å². The Kier molecular flexibility index (Phi) is 6.39. The zero-order valence-electron chi connectivity index (χ0n) is 13.6. The van der Waals surface area contributed by atoms with E-state index in [0.29, 0.717) is 18.2 Å². The van der Waals surface area contributed by atoms with Crippen LogP contribution in [0.2, 0.25) is 0 Å². The van der Waals surface area contributed by atoms with Crippen molar-refractivity contribution < 1.29 is 19.1 Å². The van der Waals surface area contributed by atoms with Crippen molar-refractivity contribution in [3.8, 4) is 5.75 Å². The number of pyridine rings is 1. The topological polar surface area (TPSA) is 80.8 Å². The molecule has 0 spiro atoms. The van der Waals surface area contributed by atoms with Crippen LogP contribution in [0.5, 0.6) is 5.75 Å². The molecule has 2 saturated heterocycles. The molecule has 3 rings (SSSR count). The molecule has 0 radical (unpaired) electrons. The van der Waals surface area contributed by atoms with Crippen LogP contribution in [0.1, 0.15) is 29.8 Å². The molecule has 24 heavy (non-hydrogen) atoms. The molecule has 2 aliphatic heterocycles. The standard InChI is InChI=1S/C16H21N3O4.ClH/c1-22-16(21)13-3-2-12(10-18-13)23-14-6-9-19(15(14)20)11-4-7-17-8-5-11;/h2-3,10-11,14,17H,4-9H2,1H3;1H. The van der Waals surface area contributed by atoms with Crippen LogP contribution in [-0.4, -0.2) is 60.7 Å². The number of amides is 1. The number of rotatable bonds is 4. The van der Waals surface area contributed by atoms with E-state index < -0.39 is 12.1 Å². The van der Waals surface area contributed by atoms with Gasteiger partial charge in [0.15, 0.2) is 6.10 Å². The van der Waals surface area contributed by atoms with E-state index in [2.05, 4.69) is 15.0 Å². The third-order valence-electron chi connectivity index (χ3n) is 4.35. The summed E-state index contributed by atoms with van der Waals surface area (Å²) in [6, 6.07) is 3.49. The molecule has 0 saturated carbocycles. The highest BCUT2D eigenvalue weighted by atomic mass is 35.5. The minimum Gasteiger partial charge on any atom is -0.479 e. The normalized spacial score (nSPS) is 21.3. The maximum absolute atomic E-state index is 12.5.